The van der Waals surface area contributed by atoms with Gasteiger partial charge in [-0.3, -0.25) is 4.79 Å². The smallest absolute Gasteiger partial charge is 0.253 e. The van der Waals surface area contributed by atoms with E-state index in [2.05, 4.69) is 22.0 Å². The van der Waals surface area contributed by atoms with Crippen LogP contribution in [0.2, 0.25) is 0 Å². The molecule has 0 aliphatic heterocycles. The highest BCUT2D eigenvalue weighted by Gasteiger charge is 2.24. The summed E-state index contributed by atoms with van der Waals surface area (Å²) in [7, 11) is 0. The Balaban J connectivity index is 2.20. The average molecular weight is 248 g/mol. The molecule has 0 fully saturated rings. The molecule has 3 rings (SSSR count). The summed E-state index contributed by atoms with van der Waals surface area (Å²) in [4.78, 5) is 20.6. The van der Waals surface area contributed by atoms with Crippen molar-refractivity contribution in [2.45, 2.75) is 24.9 Å². The van der Waals surface area contributed by atoms with Gasteiger partial charge in [0.05, 0.1) is 11.3 Å². The minimum atomic E-state index is 0.161. The first-order chi connectivity index (χ1) is 8.17. The van der Waals surface area contributed by atoms with Crippen molar-refractivity contribution in [2.24, 2.45) is 5.92 Å². The number of rotatable bonds is 1. The number of Topliss-reactive ketones (excluding diaryl/α,β-unsaturated/α-hetero) is 1. The van der Waals surface area contributed by atoms with Gasteiger partial charge in [0.15, 0.2) is 5.78 Å². The minimum Gasteiger partial charge on any atom is -0.294 e. The zero-order chi connectivity index (χ0) is 12.0. The lowest BCUT2D eigenvalue weighted by Crippen LogP contribution is -2.20. The van der Waals surface area contributed by atoms with E-state index in [0.29, 0.717) is 28.8 Å². The minimum absolute atomic E-state index is 0.161. The van der Waals surface area contributed by atoms with Crippen LogP contribution < -0.4 is 0 Å². The Kier molecular flexibility index (Phi) is 2.39. The third kappa shape index (κ3) is 1.72. The number of thioether (sulfide) groups is 1. The number of fused-ring (bicyclic) bond motifs is 2. The van der Waals surface area contributed by atoms with Crippen LogP contribution in [-0.4, -0.2) is 31.6 Å². The van der Waals surface area contributed by atoms with Crippen molar-refractivity contribution in [3.05, 3.63) is 17.5 Å². The van der Waals surface area contributed by atoms with Crippen LogP contribution in [0, 0.1) is 5.92 Å². The molecule has 0 saturated heterocycles. The number of carbonyl (C=O) groups is 1. The molecule has 5 nitrogen and oxygen atoms in total. The maximum absolute atomic E-state index is 11.9. The molecule has 0 N–H and O–H groups in total. The summed E-state index contributed by atoms with van der Waals surface area (Å²) in [5.41, 5.74) is 1.56. The molecule has 6 heteroatoms. The van der Waals surface area contributed by atoms with Crippen LogP contribution in [0.3, 0.4) is 0 Å². The molecule has 0 saturated carbocycles. The zero-order valence-corrected chi connectivity index (χ0v) is 10.5. The summed E-state index contributed by atoms with van der Waals surface area (Å²) in [5.74, 6) is 1.11. The highest BCUT2D eigenvalue weighted by Crippen LogP contribution is 2.24. The van der Waals surface area contributed by atoms with Gasteiger partial charge in [0.1, 0.15) is 0 Å². The summed E-state index contributed by atoms with van der Waals surface area (Å²) in [6.07, 6.45) is 5.13. The van der Waals surface area contributed by atoms with Crippen LogP contribution in [0.1, 0.15) is 29.4 Å². The number of ketones is 1. The fraction of sp³-hybridized carbons (Fsp3) is 0.455. The number of aromatic nitrogens is 4. The van der Waals surface area contributed by atoms with Gasteiger partial charge in [0.25, 0.3) is 5.78 Å². The highest BCUT2D eigenvalue weighted by molar-refractivity contribution is 7.98. The summed E-state index contributed by atoms with van der Waals surface area (Å²) in [6.45, 7) is 2.07. The summed E-state index contributed by atoms with van der Waals surface area (Å²) < 4.78 is 1.60. The van der Waals surface area contributed by atoms with E-state index in [1.807, 2.05) is 6.26 Å². The normalized spacial score (nSPS) is 19.6. The Labute approximate surface area is 103 Å². The molecule has 2 aromatic heterocycles. The SMILES string of the molecule is CSc1nc2nc3c(cn2n1)C(=O)C[C@H](C)C3. The Morgan fingerprint density at radius 3 is 3.00 bits per heavy atom. The largest absolute Gasteiger partial charge is 0.294 e. The summed E-state index contributed by atoms with van der Waals surface area (Å²) in [6, 6.07) is 0. The second-order valence-corrected chi connectivity index (χ2v) is 5.15. The molecule has 2 aromatic rings. The van der Waals surface area contributed by atoms with Gasteiger partial charge in [-0.1, -0.05) is 18.7 Å². The molecular weight excluding hydrogens is 236 g/mol. The van der Waals surface area contributed by atoms with Gasteiger partial charge in [0, 0.05) is 12.6 Å². The molecule has 0 bridgehead atoms. The van der Waals surface area contributed by atoms with Gasteiger partial charge in [-0.2, -0.15) is 4.98 Å². The first-order valence-corrected chi connectivity index (χ1v) is 6.73. The molecule has 0 amide bonds. The van der Waals surface area contributed by atoms with E-state index in [-0.39, 0.29) is 5.78 Å². The molecular formula is C11H12N4OS. The van der Waals surface area contributed by atoms with E-state index >= 15 is 0 Å². The monoisotopic (exact) mass is 248 g/mol. The third-order valence-electron chi connectivity index (χ3n) is 2.95. The molecule has 88 valence electrons. The van der Waals surface area contributed by atoms with Crippen molar-refractivity contribution in [1.29, 1.82) is 0 Å². The van der Waals surface area contributed by atoms with E-state index in [1.54, 1.807) is 10.7 Å². The van der Waals surface area contributed by atoms with Crippen LogP contribution in [0.5, 0.6) is 0 Å². The van der Waals surface area contributed by atoms with Crippen molar-refractivity contribution in [2.75, 3.05) is 6.26 Å². The molecule has 0 radical (unpaired) electrons. The maximum Gasteiger partial charge on any atom is 0.253 e. The van der Waals surface area contributed by atoms with Crippen molar-refractivity contribution in [3.63, 3.8) is 0 Å². The van der Waals surface area contributed by atoms with E-state index in [0.717, 1.165) is 12.1 Å². The van der Waals surface area contributed by atoms with Gasteiger partial charge in [-0.05, 0) is 18.6 Å². The van der Waals surface area contributed by atoms with E-state index in [4.69, 9.17) is 0 Å². The topological polar surface area (TPSA) is 60.1 Å². The maximum atomic E-state index is 11.9. The lowest BCUT2D eigenvalue weighted by molar-refractivity contribution is 0.0951. The number of hydrogen-bond donors (Lipinski definition) is 0. The molecule has 2 heterocycles. The van der Waals surface area contributed by atoms with Gasteiger partial charge < -0.3 is 0 Å². The molecule has 1 aliphatic rings. The lowest BCUT2D eigenvalue weighted by Gasteiger charge is -2.18. The second kappa shape index (κ2) is 3.80. The lowest BCUT2D eigenvalue weighted by atomic mass is 9.88. The van der Waals surface area contributed by atoms with Crippen LogP contribution in [0.25, 0.3) is 5.78 Å². The predicted octanol–water partition coefficient (Wildman–Crippen LogP) is 1.61. The zero-order valence-electron chi connectivity index (χ0n) is 9.67. The van der Waals surface area contributed by atoms with Crippen molar-refractivity contribution in [3.8, 4) is 0 Å². The highest BCUT2D eigenvalue weighted by atomic mass is 32.2. The Morgan fingerprint density at radius 2 is 2.24 bits per heavy atom. The second-order valence-electron chi connectivity index (χ2n) is 4.38. The van der Waals surface area contributed by atoms with Gasteiger partial charge in [-0.15, -0.1) is 5.10 Å². The fourth-order valence-electron chi connectivity index (χ4n) is 2.14. The van der Waals surface area contributed by atoms with Crippen molar-refractivity contribution in [1.82, 2.24) is 19.6 Å². The molecule has 17 heavy (non-hydrogen) atoms. The Hall–Kier alpha value is -1.43. The third-order valence-corrected chi connectivity index (χ3v) is 3.49. The molecule has 0 aromatic carbocycles. The van der Waals surface area contributed by atoms with Crippen LogP contribution in [-0.2, 0) is 6.42 Å². The molecule has 1 aliphatic carbocycles. The summed E-state index contributed by atoms with van der Waals surface area (Å²) in [5, 5.41) is 4.93. The van der Waals surface area contributed by atoms with Crippen molar-refractivity contribution >= 4 is 23.3 Å². The quantitative estimate of drug-likeness (QED) is 0.717. The first kappa shape index (κ1) is 10.7. The van der Waals surface area contributed by atoms with E-state index in [1.165, 1.54) is 11.8 Å². The van der Waals surface area contributed by atoms with Gasteiger partial charge >= 0.3 is 0 Å². The fourth-order valence-corrected chi connectivity index (χ4v) is 2.48. The molecule has 0 spiro atoms. The van der Waals surface area contributed by atoms with Crippen molar-refractivity contribution < 1.29 is 4.79 Å². The van der Waals surface area contributed by atoms with E-state index in [9.17, 15) is 4.79 Å². The number of carbonyl (C=O) groups excluding carboxylic acids is 1. The van der Waals surface area contributed by atoms with Gasteiger partial charge in [-0.25, -0.2) is 9.50 Å². The van der Waals surface area contributed by atoms with Gasteiger partial charge in [0.2, 0.25) is 5.16 Å². The predicted molar refractivity (Wildman–Crippen MR) is 64.4 cm³/mol. The Morgan fingerprint density at radius 1 is 1.41 bits per heavy atom. The first-order valence-electron chi connectivity index (χ1n) is 5.51. The van der Waals surface area contributed by atoms with Crippen LogP contribution >= 0.6 is 11.8 Å². The number of hydrogen-bond acceptors (Lipinski definition) is 5. The Bertz CT molecular complexity index is 607. The van der Waals surface area contributed by atoms with Crippen LogP contribution in [0.15, 0.2) is 11.4 Å². The molecule has 1 atom stereocenters. The molecule has 0 unspecified atom stereocenters. The average Bonchev–Trinajstić information content (AvgIpc) is 2.68. The standard InChI is InChI=1S/C11H12N4OS/c1-6-3-8-7(9(16)4-6)5-15-10(12-8)13-11(14-15)17-2/h5-6H,3-4H2,1-2H3/t6-/m1/s1. The summed E-state index contributed by atoms with van der Waals surface area (Å²) >= 11 is 1.47. The van der Waals surface area contributed by atoms with Crippen LogP contribution in [0.4, 0.5) is 0 Å². The number of nitrogens with zero attached hydrogens (tertiary/aromatic N) is 4. The van der Waals surface area contributed by atoms with E-state index < -0.39 is 0 Å².